The van der Waals surface area contributed by atoms with Gasteiger partial charge < -0.3 is 14.2 Å². The molecule has 0 N–H and O–H groups in total. The predicted molar refractivity (Wildman–Crippen MR) is 215 cm³/mol. The van der Waals surface area contributed by atoms with Crippen molar-refractivity contribution in [2.45, 2.75) is 252 Å². The summed E-state index contributed by atoms with van der Waals surface area (Å²) in [6, 6.07) is 0. The molecule has 0 radical (unpaired) electrons. The van der Waals surface area contributed by atoms with Crippen molar-refractivity contribution in [2.75, 3.05) is 13.2 Å². The van der Waals surface area contributed by atoms with E-state index in [0.29, 0.717) is 19.3 Å². The summed E-state index contributed by atoms with van der Waals surface area (Å²) >= 11 is 0. The fourth-order valence-electron chi connectivity index (χ4n) is 6.63. The average molecular weight is 723 g/mol. The van der Waals surface area contributed by atoms with Gasteiger partial charge >= 0.3 is 17.9 Å². The Kier molecular flexibility index (Phi) is 38.4. The fraction of sp³-hybridized carbons (Fsp3) is 0.933. The number of carbonyl (C=O) groups excluding carboxylic acids is 3. The lowest BCUT2D eigenvalue weighted by atomic mass is 10.0. The van der Waals surface area contributed by atoms with Crippen LogP contribution in [0.4, 0.5) is 0 Å². The lowest BCUT2D eigenvalue weighted by Crippen LogP contribution is -2.30. The van der Waals surface area contributed by atoms with Gasteiger partial charge in [-0.2, -0.15) is 0 Å². The molecule has 1 atom stereocenters. The van der Waals surface area contributed by atoms with Gasteiger partial charge in [0.15, 0.2) is 6.10 Å². The van der Waals surface area contributed by atoms with Gasteiger partial charge in [0.25, 0.3) is 0 Å². The Labute approximate surface area is 317 Å². The normalized spacial score (nSPS) is 11.9. The van der Waals surface area contributed by atoms with Gasteiger partial charge in [-0.1, -0.05) is 207 Å². The highest BCUT2D eigenvalue weighted by molar-refractivity contribution is 5.71. The Balaban J connectivity index is 4.30. The molecule has 0 saturated carbocycles. The number of hydrogen-bond donors (Lipinski definition) is 0. The van der Waals surface area contributed by atoms with E-state index in [1.54, 1.807) is 0 Å². The van der Waals surface area contributed by atoms with E-state index >= 15 is 0 Å². The summed E-state index contributed by atoms with van der Waals surface area (Å²) in [5, 5.41) is 0. The van der Waals surface area contributed by atoms with Crippen molar-refractivity contribution in [1.82, 2.24) is 0 Å². The molecule has 0 saturated heterocycles. The maximum Gasteiger partial charge on any atom is 0.306 e. The van der Waals surface area contributed by atoms with Crippen LogP contribution in [-0.2, 0) is 28.6 Å². The van der Waals surface area contributed by atoms with Gasteiger partial charge in [-0.05, 0) is 25.2 Å². The van der Waals surface area contributed by atoms with Crippen molar-refractivity contribution in [3.8, 4) is 0 Å². The lowest BCUT2D eigenvalue weighted by molar-refractivity contribution is -0.167. The number of ether oxygens (including phenoxy) is 3. The van der Waals surface area contributed by atoms with Crippen molar-refractivity contribution < 1.29 is 28.6 Å². The van der Waals surface area contributed by atoms with E-state index in [2.05, 4.69) is 27.7 Å². The molecule has 0 heterocycles. The Morgan fingerprint density at radius 2 is 0.647 bits per heavy atom. The molecule has 6 nitrogen and oxygen atoms in total. The summed E-state index contributed by atoms with van der Waals surface area (Å²) in [5.41, 5.74) is 0. The topological polar surface area (TPSA) is 78.9 Å². The minimum atomic E-state index is -0.759. The molecular weight excluding hydrogens is 636 g/mol. The molecule has 0 aliphatic heterocycles. The van der Waals surface area contributed by atoms with Gasteiger partial charge in [-0.3, -0.25) is 14.4 Å². The van der Waals surface area contributed by atoms with Gasteiger partial charge in [0.1, 0.15) is 13.2 Å². The van der Waals surface area contributed by atoms with Gasteiger partial charge in [0, 0.05) is 19.3 Å². The second-order valence-electron chi connectivity index (χ2n) is 15.8. The molecule has 0 fully saturated rings. The zero-order valence-corrected chi connectivity index (χ0v) is 34.6. The van der Waals surface area contributed by atoms with E-state index in [-0.39, 0.29) is 31.1 Å². The van der Waals surface area contributed by atoms with Crippen molar-refractivity contribution >= 4 is 17.9 Å². The largest absolute Gasteiger partial charge is 0.462 e. The molecule has 0 aromatic carbocycles. The quantitative estimate of drug-likeness (QED) is 0.0356. The van der Waals surface area contributed by atoms with Crippen molar-refractivity contribution in [1.29, 1.82) is 0 Å². The summed E-state index contributed by atoms with van der Waals surface area (Å²) in [6.07, 6.45) is 38.1. The summed E-state index contributed by atoms with van der Waals surface area (Å²) in [5.74, 6) is -0.101. The molecule has 6 heteroatoms. The first-order valence-corrected chi connectivity index (χ1v) is 22.4. The molecule has 0 rings (SSSR count). The van der Waals surface area contributed by atoms with Crippen LogP contribution in [0.2, 0.25) is 0 Å². The number of unbranched alkanes of at least 4 members (excludes halogenated alkanes) is 27. The third-order valence-corrected chi connectivity index (χ3v) is 10.0. The number of carbonyl (C=O) groups is 3. The Bertz CT molecular complexity index is 766. The van der Waals surface area contributed by atoms with Crippen LogP contribution in [0.15, 0.2) is 0 Å². The zero-order valence-electron chi connectivity index (χ0n) is 34.6. The van der Waals surface area contributed by atoms with E-state index in [9.17, 15) is 14.4 Å². The number of rotatable bonds is 40. The van der Waals surface area contributed by atoms with Crippen LogP contribution in [0, 0.1) is 5.92 Å². The van der Waals surface area contributed by atoms with Gasteiger partial charge in [0.2, 0.25) is 0 Å². The maximum atomic E-state index is 12.6. The van der Waals surface area contributed by atoms with Crippen LogP contribution in [0.1, 0.15) is 246 Å². The first kappa shape index (κ1) is 49.4. The highest BCUT2D eigenvalue weighted by atomic mass is 16.6. The van der Waals surface area contributed by atoms with Crippen LogP contribution >= 0.6 is 0 Å². The Morgan fingerprint density at radius 1 is 0.373 bits per heavy atom. The van der Waals surface area contributed by atoms with E-state index in [1.807, 2.05) is 0 Å². The summed E-state index contributed by atoms with van der Waals surface area (Å²) in [4.78, 5) is 37.6. The molecule has 0 unspecified atom stereocenters. The third-order valence-electron chi connectivity index (χ3n) is 10.0. The maximum absolute atomic E-state index is 12.6. The highest BCUT2D eigenvalue weighted by Crippen LogP contribution is 2.16. The standard InChI is InChI=1S/C45H86O6/c1-5-7-9-11-13-15-17-18-20-22-24-29-33-37-44(47)50-40-42(51-45(48)38-34-30-26-25-27-31-35-41(3)4)39-49-43(46)36-32-28-23-21-19-16-14-12-10-8-6-2/h41-42H,5-40H2,1-4H3/t42-/m0/s1. The molecule has 0 aromatic heterocycles. The van der Waals surface area contributed by atoms with Crippen molar-refractivity contribution in [3.05, 3.63) is 0 Å². The second-order valence-corrected chi connectivity index (χ2v) is 15.8. The molecule has 51 heavy (non-hydrogen) atoms. The van der Waals surface area contributed by atoms with E-state index < -0.39 is 6.10 Å². The van der Waals surface area contributed by atoms with Crippen LogP contribution < -0.4 is 0 Å². The number of hydrogen-bond acceptors (Lipinski definition) is 6. The molecule has 0 bridgehead atoms. The van der Waals surface area contributed by atoms with E-state index in [0.717, 1.165) is 63.7 Å². The summed E-state index contributed by atoms with van der Waals surface area (Å²) in [6.45, 7) is 8.91. The monoisotopic (exact) mass is 723 g/mol. The van der Waals surface area contributed by atoms with E-state index in [1.165, 1.54) is 141 Å². The van der Waals surface area contributed by atoms with Crippen LogP contribution in [-0.4, -0.2) is 37.2 Å². The number of esters is 3. The Hall–Kier alpha value is -1.59. The predicted octanol–water partition coefficient (Wildman–Crippen LogP) is 13.9. The smallest absolute Gasteiger partial charge is 0.306 e. The zero-order chi connectivity index (χ0) is 37.5. The molecule has 0 aliphatic rings. The first-order valence-electron chi connectivity index (χ1n) is 22.4. The van der Waals surface area contributed by atoms with Gasteiger partial charge in [0.05, 0.1) is 0 Å². The van der Waals surface area contributed by atoms with E-state index in [4.69, 9.17) is 14.2 Å². The molecule has 0 spiro atoms. The summed E-state index contributed by atoms with van der Waals surface area (Å²) in [7, 11) is 0. The third kappa shape index (κ3) is 39.5. The minimum Gasteiger partial charge on any atom is -0.462 e. The summed E-state index contributed by atoms with van der Waals surface area (Å²) < 4.78 is 16.7. The highest BCUT2D eigenvalue weighted by Gasteiger charge is 2.19. The van der Waals surface area contributed by atoms with Crippen LogP contribution in [0.3, 0.4) is 0 Å². The Morgan fingerprint density at radius 3 is 0.961 bits per heavy atom. The molecule has 0 aliphatic carbocycles. The molecule has 302 valence electrons. The van der Waals surface area contributed by atoms with Crippen LogP contribution in [0.25, 0.3) is 0 Å². The van der Waals surface area contributed by atoms with Crippen LogP contribution in [0.5, 0.6) is 0 Å². The SMILES string of the molecule is CCCCCCCCCCCCCCCC(=O)OC[C@H](COC(=O)CCCCCCCCCCCCC)OC(=O)CCCCCCCCC(C)C. The lowest BCUT2D eigenvalue weighted by Gasteiger charge is -2.18. The second kappa shape index (κ2) is 39.6. The van der Waals surface area contributed by atoms with Crippen molar-refractivity contribution in [2.24, 2.45) is 5.92 Å². The molecular formula is C45H86O6. The fourth-order valence-corrected chi connectivity index (χ4v) is 6.63. The van der Waals surface area contributed by atoms with Crippen molar-refractivity contribution in [3.63, 3.8) is 0 Å². The first-order chi connectivity index (χ1) is 24.9. The molecule has 0 amide bonds. The minimum absolute atomic E-state index is 0.0649. The van der Waals surface area contributed by atoms with Gasteiger partial charge in [-0.15, -0.1) is 0 Å². The van der Waals surface area contributed by atoms with Gasteiger partial charge in [-0.25, -0.2) is 0 Å². The average Bonchev–Trinajstić information content (AvgIpc) is 3.11. The molecule has 0 aromatic rings.